The molecule has 1 aromatic carbocycles. The maximum Gasteiger partial charge on any atom is 0.338 e. The Morgan fingerprint density at radius 1 is 1.22 bits per heavy atom. The molecule has 1 aliphatic carbocycles. The second-order valence-electron chi connectivity index (χ2n) is 10.3. The van der Waals surface area contributed by atoms with Crippen molar-refractivity contribution in [3.63, 3.8) is 0 Å². The number of aryl methyl sites for hydroxylation is 3. The molecule has 1 unspecified atom stereocenters. The standard InChI is InChI=1S/C28H34N4O5/c1-4-18-11-19(24(36-3)13-22(18)33)9-10-28(20-7-5-6-8-20)14-23(34)21(26(35)37-28)12-25-30-27-29-15-17(2)16-32(27)31-25/h11,13,15-16,20,33-34H,4-10,12,14H2,1-3H3. The Labute approximate surface area is 216 Å². The molecule has 1 saturated carbocycles. The first-order valence-corrected chi connectivity index (χ1v) is 13.0. The summed E-state index contributed by atoms with van der Waals surface area (Å²) in [4.78, 5) is 22.0. The molecule has 2 aromatic heterocycles. The van der Waals surface area contributed by atoms with Gasteiger partial charge < -0.3 is 19.7 Å². The van der Waals surface area contributed by atoms with E-state index in [2.05, 4.69) is 15.1 Å². The van der Waals surface area contributed by atoms with Gasteiger partial charge in [0.2, 0.25) is 0 Å². The van der Waals surface area contributed by atoms with Gasteiger partial charge in [0.25, 0.3) is 5.78 Å². The van der Waals surface area contributed by atoms with E-state index in [4.69, 9.17) is 9.47 Å². The number of benzene rings is 1. The Morgan fingerprint density at radius 3 is 2.70 bits per heavy atom. The smallest absolute Gasteiger partial charge is 0.338 e. The van der Waals surface area contributed by atoms with Gasteiger partial charge in [-0.15, -0.1) is 5.10 Å². The van der Waals surface area contributed by atoms with Crippen molar-refractivity contribution in [3.05, 3.63) is 58.4 Å². The van der Waals surface area contributed by atoms with Crippen LogP contribution in [0.2, 0.25) is 0 Å². The Hall–Kier alpha value is -3.62. The lowest BCUT2D eigenvalue weighted by Crippen LogP contribution is -2.46. The second-order valence-corrected chi connectivity index (χ2v) is 10.3. The lowest BCUT2D eigenvalue weighted by molar-refractivity contribution is -0.167. The quantitative estimate of drug-likeness (QED) is 0.427. The number of carbonyl (C=O) groups excluding carboxylic acids is 1. The van der Waals surface area contributed by atoms with Gasteiger partial charge in [-0.05, 0) is 67.7 Å². The highest BCUT2D eigenvalue weighted by atomic mass is 16.6. The van der Waals surface area contributed by atoms with E-state index in [1.54, 1.807) is 23.9 Å². The van der Waals surface area contributed by atoms with Crippen LogP contribution in [0.4, 0.5) is 0 Å². The van der Waals surface area contributed by atoms with Crippen LogP contribution in [0.3, 0.4) is 0 Å². The molecule has 9 nitrogen and oxygen atoms in total. The summed E-state index contributed by atoms with van der Waals surface area (Å²) in [7, 11) is 1.59. The molecule has 1 atom stereocenters. The Kier molecular flexibility index (Phi) is 6.79. The summed E-state index contributed by atoms with van der Waals surface area (Å²) < 4.78 is 13.4. The number of ether oxygens (including phenoxy) is 2. The minimum absolute atomic E-state index is 0.0538. The predicted molar refractivity (Wildman–Crippen MR) is 137 cm³/mol. The third-order valence-corrected chi connectivity index (χ3v) is 7.84. The number of phenols is 1. The third-order valence-electron chi connectivity index (χ3n) is 7.84. The average Bonchev–Trinajstić information content (AvgIpc) is 3.55. The lowest BCUT2D eigenvalue weighted by atomic mass is 9.76. The summed E-state index contributed by atoms with van der Waals surface area (Å²) in [6, 6.07) is 3.62. The number of fused-ring (bicyclic) bond motifs is 1. The molecule has 0 radical (unpaired) electrons. The summed E-state index contributed by atoms with van der Waals surface area (Å²) in [6.07, 6.45) is 9.82. The van der Waals surface area contributed by atoms with E-state index in [1.165, 1.54) is 0 Å². The largest absolute Gasteiger partial charge is 0.512 e. The number of carbonyl (C=O) groups is 1. The summed E-state index contributed by atoms with van der Waals surface area (Å²) in [6.45, 7) is 3.91. The first-order chi connectivity index (χ1) is 17.8. The predicted octanol–water partition coefficient (Wildman–Crippen LogP) is 4.57. The normalized spacial score (nSPS) is 20.6. The molecule has 0 saturated heterocycles. The van der Waals surface area contributed by atoms with Crippen molar-refractivity contribution in [2.24, 2.45) is 5.92 Å². The van der Waals surface area contributed by atoms with Gasteiger partial charge >= 0.3 is 5.97 Å². The highest BCUT2D eigenvalue weighted by Gasteiger charge is 2.48. The van der Waals surface area contributed by atoms with Crippen LogP contribution in [0.15, 0.2) is 35.9 Å². The topological polar surface area (TPSA) is 119 Å². The number of rotatable bonds is 8. The number of esters is 1. The van der Waals surface area contributed by atoms with E-state index < -0.39 is 11.6 Å². The van der Waals surface area contributed by atoms with Crippen LogP contribution < -0.4 is 4.74 Å². The number of cyclic esters (lactones) is 1. The number of aromatic hydroxyl groups is 1. The molecule has 0 bridgehead atoms. The van der Waals surface area contributed by atoms with E-state index in [0.717, 1.165) is 42.4 Å². The van der Waals surface area contributed by atoms with E-state index in [0.29, 0.717) is 36.6 Å². The molecule has 2 aliphatic rings. The van der Waals surface area contributed by atoms with Gasteiger partial charge in [0.05, 0.1) is 12.7 Å². The summed E-state index contributed by atoms with van der Waals surface area (Å²) in [5.41, 5.74) is 2.16. The maximum absolute atomic E-state index is 13.4. The molecule has 0 amide bonds. The molecular weight excluding hydrogens is 472 g/mol. The van der Waals surface area contributed by atoms with Gasteiger partial charge in [-0.1, -0.05) is 19.8 Å². The number of nitrogens with zero attached hydrogens (tertiary/aromatic N) is 4. The van der Waals surface area contributed by atoms with Crippen LogP contribution in [-0.2, 0) is 28.8 Å². The first-order valence-electron chi connectivity index (χ1n) is 13.0. The zero-order valence-corrected chi connectivity index (χ0v) is 21.7. The second kappa shape index (κ2) is 10.0. The monoisotopic (exact) mass is 506 g/mol. The highest BCUT2D eigenvalue weighted by Crippen LogP contribution is 2.46. The van der Waals surface area contributed by atoms with Crippen LogP contribution in [-0.4, -0.2) is 48.5 Å². The fourth-order valence-electron chi connectivity index (χ4n) is 5.82. The number of aliphatic hydroxyl groups excluding tert-OH is 1. The molecule has 3 aromatic rings. The number of hydrogen-bond acceptors (Lipinski definition) is 8. The SMILES string of the molecule is CCc1cc(CCC2(C3CCCC3)CC(O)=C(Cc3nc4ncc(C)cn4n3)C(=O)O2)c(OC)cc1O. The van der Waals surface area contributed by atoms with Gasteiger partial charge in [-0.25, -0.2) is 14.3 Å². The average molecular weight is 507 g/mol. The molecule has 37 heavy (non-hydrogen) atoms. The van der Waals surface area contributed by atoms with Crippen LogP contribution in [0.1, 0.15) is 68.0 Å². The van der Waals surface area contributed by atoms with Gasteiger partial charge in [-0.3, -0.25) is 0 Å². The summed E-state index contributed by atoms with van der Waals surface area (Å²) in [5.74, 6) is 1.40. The third kappa shape index (κ3) is 4.86. The minimum Gasteiger partial charge on any atom is -0.512 e. The summed E-state index contributed by atoms with van der Waals surface area (Å²) in [5, 5.41) is 25.9. The molecule has 2 N–H and O–H groups in total. The van der Waals surface area contributed by atoms with Crippen molar-refractivity contribution in [1.29, 1.82) is 0 Å². The van der Waals surface area contributed by atoms with Gasteiger partial charge in [0, 0.05) is 31.3 Å². The lowest BCUT2D eigenvalue weighted by Gasteiger charge is -2.42. The first kappa shape index (κ1) is 25.0. The molecular formula is C28H34N4O5. The number of methoxy groups -OCH3 is 1. The number of aromatic nitrogens is 4. The van der Waals surface area contributed by atoms with Gasteiger partial charge in [-0.2, -0.15) is 4.98 Å². The van der Waals surface area contributed by atoms with Crippen molar-refractivity contribution in [1.82, 2.24) is 19.6 Å². The molecule has 0 spiro atoms. The van der Waals surface area contributed by atoms with Crippen LogP contribution in [0.25, 0.3) is 5.78 Å². The van der Waals surface area contributed by atoms with Crippen LogP contribution >= 0.6 is 0 Å². The highest BCUT2D eigenvalue weighted by molar-refractivity contribution is 5.90. The van der Waals surface area contributed by atoms with Crippen molar-refractivity contribution in [3.8, 4) is 11.5 Å². The van der Waals surface area contributed by atoms with Crippen molar-refractivity contribution in [2.45, 2.75) is 77.2 Å². The fraction of sp³-hybridized carbons (Fsp3) is 0.500. The zero-order valence-electron chi connectivity index (χ0n) is 21.7. The molecule has 1 aliphatic heterocycles. The number of phenolic OH excluding ortho intramolecular Hbond substituents is 1. The van der Waals surface area contributed by atoms with Gasteiger partial charge in [0.1, 0.15) is 22.9 Å². The molecule has 196 valence electrons. The Balaban J connectivity index is 1.42. The molecule has 9 heteroatoms. The van der Waals surface area contributed by atoms with Gasteiger partial charge in [0.15, 0.2) is 5.82 Å². The van der Waals surface area contributed by atoms with Crippen molar-refractivity contribution in [2.75, 3.05) is 7.11 Å². The Morgan fingerprint density at radius 2 is 2.00 bits per heavy atom. The molecule has 1 fully saturated rings. The number of aliphatic hydroxyl groups is 1. The maximum atomic E-state index is 13.4. The van der Waals surface area contributed by atoms with E-state index in [9.17, 15) is 15.0 Å². The van der Waals surface area contributed by atoms with E-state index in [1.807, 2.05) is 26.1 Å². The minimum atomic E-state index is -0.790. The molecule has 5 rings (SSSR count). The number of hydrogen-bond donors (Lipinski definition) is 2. The Bertz CT molecular complexity index is 1360. The van der Waals surface area contributed by atoms with E-state index >= 15 is 0 Å². The molecule has 3 heterocycles. The summed E-state index contributed by atoms with van der Waals surface area (Å²) >= 11 is 0. The van der Waals surface area contributed by atoms with E-state index in [-0.39, 0.29) is 35.8 Å². The van der Waals surface area contributed by atoms with Crippen LogP contribution in [0, 0.1) is 12.8 Å². The zero-order chi connectivity index (χ0) is 26.2. The fourth-order valence-corrected chi connectivity index (χ4v) is 5.82. The van der Waals surface area contributed by atoms with Crippen LogP contribution in [0.5, 0.6) is 11.5 Å². The van der Waals surface area contributed by atoms with Crippen molar-refractivity contribution < 1.29 is 24.5 Å². The van der Waals surface area contributed by atoms with Crippen molar-refractivity contribution >= 4 is 11.7 Å².